The molecule has 2 amide bonds. The third-order valence-electron chi connectivity index (χ3n) is 17.4. The molecule has 3 aliphatic heterocycles. The summed E-state index contributed by atoms with van der Waals surface area (Å²) in [6.45, 7) is 9.16. The van der Waals surface area contributed by atoms with Crippen LogP contribution >= 0.6 is 0 Å². The molecular weight excluding hydrogens is 719 g/mol. The Balaban J connectivity index is 0.941. The lowest BCUT2D eigenvalue weighted by molar-refractivity contribution is -0.150. The van der Waals surface area contributed by atoms with Crippen LogP contribution in [0.5, 0.6) is 0 Å². The summed E-state index contributed by atoms with van der Waals surface area (Å²) in [4.78, 5) is 34.1. The van der Waals surface area contributed by atoms with Crippen LogP contribution in [0, 0.1) is 29.6 Å². The van der Waals surface area contributed by atoms with Crippen molar-refractivity contribution in [2.45, 2.75) is 196 Å². The maximum Gasteiger partial charge on any atom is 0.263 e. The summed E-state index contributed by atoms with van der Waals surface area (Å²) < 4.78 is 15.3. The molecule has 9 rings (SSSR count). The summed E-state index contributed by atoms with van der Waals surface area (Å²) >= 11 is 0. The molecule has 56 heavy (non-hydrogen) atoms. The van der Waals surface area contributed by atoms with Crippen molar-refractivity contribution in [3.63, 3.8) is 0 Å². The molecule has 4 unspecified atom stereocenters. The van der Waals surface area contributed by atoms with Crippen molar-refractivity contribution in [3.8, 4) is 0 Å². The van der Waals surface area contributed by atoms with Crippen LogP contribution in [0.3, 0.4) is 0 Å². The quantitative estimate of drug-likeness (QED) is 0.229. The fraction of sp³-hybridized carbons (Fsp3) is 0.867. The highest BCUT2D eigenvalue weighted by atomic mass is 28.3. The maximum atomic E-state index is 15.4. The molecule has 0 radical (unpaired) electrons. The van der Waals surface area contributed by atoms with Crippen molar-refractivity contribution >= 4 is 19.9 Å². The molecule has 11 heteroatoms. The minimum Gasteiger partial charge on any atom is -0.396 e. The number of fused-ring (bicyclic) bond motifs is 1. The van der Waals surface area contributed by atoms with Gasteiger partial charge in [-0.2, -0.15) is 0 Å². The number of carbonyl (C=O) groups is 2. The molecule has 5 aliphatic carbocycles. The first-order valence-electron chi connectivity index (χ1n) is 23.2. The van der Waals surface area contributed by atoms with E-state index in [1.807, 2.05) is 18.0 Å². The van der Waals surface area contributed by atoms with Crippen LogP contribution < -0.4 is 0 Å². The molecule has 10 nitrogen and oxygen atoms in total. The third kappa shape index (κ3) is 6.59. The predicted molar refractivity (Wildman–Crippen MR) is 218 cm³/mol. The molecule has 8 atom stereocenters. The molecule has 1 spiro atoms. The van der Waals surface area contributed by atoms with Crippen LogP contribution in [0.15, 0.2) is 17.5 Å². The number of aryl methyl sites for hydroxylation is 1. The zero-order valence-electron chi connectivity index (χ0n) is 35.0. The van der Waals surface area contributed by atoms with Crippen LogP contribution in [0.4, 0.5) is 0 Å². The number of aliphatic hydroxyl groups excluding tert-OH is 1. The highest BCUT2D eigenvalue weighted by Gasteiger charge is 2.67. The molecule has 310 valence electrons. The molecule has 0 bridgehead atoms. The summed E-state index contributed by atoms with van der Waals surface area (Å²) in [6, 6.07) is 0.869. The minimum atomic E-state index is -1.96. The van der Waals surface area contributed by atoms with Gasteiger partial charge in [0.25, 0.3) is 5.91 Å². The van der Waals surface area contributed by atoms with E-state index in [0.29, 0.717) is 65.9 Å². The number of aliphatic hydroxyl groups is 1. The topological polar surface area (TPSA) is 110 Å². The molecule has 8 aliphatic rings. The number of aromatic nitrogens is 3. The van der Waals surface area contributed by atoms with Gasteiger partial charge in [-0.1, -0.05) is 63.8 Å². The molecule has 2 saturated heterocycles. The Hall–Kier alpha value is -2.08. The number of amides is 2. The van der Waals surface area contributed by atoms with E-state index in [1.54, 1.807) is 0 Å². The Labute approximate surface area is 336 Å². The standard InChI is InChI=1S/C45H71N5O5Si/c1-29-42(56(3,4)35-21-19-34(54-2)20-22-35)40(23-25-48-28-32(24-26-51)46-47-48)55-45(29)37-12-5-6-13-38(37)49(44(45)53)27-30-15-17-33(18-16-30)50-39-14-8-10-31-9-7-11-36(41(31)39)43(50)52/h28-31,33-36,39-42,51H,5-27H2,1-4H3/t29-,30?,31?,33?,34?,35?,36?,39?,40+,41?,42-,45+/m0/s1. The lowest BCUT2D eigenvalue weighted by Gasteiger charge is -2.45. The zero-order chi connectivity index (χ0) is 38.8. The van der Waals surface area contributed by atoms with Crippen LogP contribution in [0.1, 0.15) is 135 Å². The van der Waals surface area contributed by atoms with Gasteiger partial charge in [0.05, 0.1) is 26.0 Å². The van der Waals surface area contributed by atoms with Gasteiger partial charge >= 0.3 is 0 Å². The van der Waals surface area contributed by atoms with E-state index >= 15 is 4.79 Å². The van der Waals surface area contributed by atoms with Gasteiger partial charge in [0.15, 0.2) is 5.60 Å². The number of rotatable bonds is 11. The average Bonchev–Trinajstić information content (AvgIpc) is 3.94. The van der Waals surface area contributed by atoms with Crippen molar-refractivity contribution < 1.29 is 24.2 Å². The fourth-order valence-electron chi connectivity index (χ4n) is 14.7. The van der Waals surface area contributed by atoms with Gasteiger partial charge in [-0.25, -0.2) is 0 Å². The van der Waals surface area contributed by atoms with Gasteiger partial charge in [0.1, 0.15) is 0 Å². The zero-order valence-corrected chi connectivity index (χ0v) is 36.0. The molecule has 1 N–H and O–H groups in total. The van der Waals surface area contributed by atoms with E-state index in [4.69, 9.17) is 9.47 Å². The first kappa shape index (κ1) is 39.4. The first-order valence-corrected chi connectivity index (χ1v) is 26.4. The summed E-state index contributed by atoms with van der Waals surface area (Å²) in [6.07, 6.45) is 24.4. The fourth-order valence-corrected chi connectivity index (χ4v) is 19.8. The Morgan fingerprint density at radius 1 is 0.946 bits per heavy atom. The smallest absolute Gasteiger partial charge is 0.263 e. The maximum absolute atomic E-state index is 15.4. The van der Waals surface area contributed by atoms with Gasteiger partial charge < -0.3 is 24.4 Å². The van der Waals surface area contributed by atoms with Crippen molar-refractivity contribution in [2.75, 3.05) is 20.3 Å². The number of likely N-dealkylation sites (tertiary alicyclic amines) is 1. The summed E-state index contributed by atoms with van der Waals surface area (Å²) in [5.74, 6) is 3.00. The molecule has 0 aromatic carbocycles. The Bertz CT molecular complexity index is 1630. The largest absolute Gasteiger partial charge is 0.396 e. The Morgan fingerprint density at radius 2 is 1.70 bits per heavy atom. The van der Waals surface area contributed by atoms with Crippen molar-refractivity contribution in [1.82, 2.24) is 24.8 Å². The number of carbonyl (C=O) groups excluding carboxylic acids is 2. The number of ether oxygens (including phenoxy) is 2. The Morgan fingerprint density at radius 3 is 2.45 bits per heavy atom. The van der Waals surface area contributed by atoms with E-state index in [0.717, 1.165) is 95.2 Å². The van der Waals surface area contributed by atoms with E-state index < -0.39 is 13.7 Å². The highest BCUT2D eigenvalue weighted by molar-refractivity contribution is 6.80. The minimum absolute atomic E-state index is 0.0200. The number of allylic oxidation sites excluding steroid dienone is 1. The average molecular weight is 790 g/mol. The molecule has 6 fully saturated rings. The van der Waals surface area contributed by atoms with Gasteiger partial charge in [0.2, 0.25) is 5.91 Å². The molecule has 1 aromatic heterocycles. The summed E-state index contributed by atoms with van der Waals surface area (Å²) in [5, 5.41) is 18.2. The van der Waals surface area contributed by atoms with Crippen LogP contribution in [0.25, 0.3) is 0 Å². The predicted octanol–water partition coefficient (Wildman–Crippen LogP) is 7.67. The van der Waals surface area contributed by atoms with Gasteiger partial charge in [-0.15, -0.1) is 5.10 Å². The lowest BCUT2D eigenvalue weighted by atomic mass is 9.65. The van der Waals surface area contributed by atoms with Crippen LogP contribution in [-0.2, 0) is 32.0 Å². The second-order valence-corrected chi connectivity index (χ2v) is 25.4. The van der Waals surface area contributed by atoms with E-state index in [-0.39, 0.29) is 24.5 Å². The number of hydrogen-bond donors (Lipinski definition) is 1. The number of hydrogen-bond acceptors (Lipinski definition) is 7. The van der Waals surface area contributed by atoms with Gasteiger partial charge in [-0.3, -0.25) is 14.3 Å². The van der Waals surface area contributed by atoms with Crippen LogP contribution in [0.2, 0.25) is 24.2 Å². The van der Waals surface area contributed by atoms with E-state index in [9.17, 15) is 9.90 Å². The van der Waals surface area contributed by atoms with Gasteiger partial charge in [-0.05, 0) is 118 Å². The monoisotopic (exact) mass is 790 g/mol. The van der Waals surface area contributed by atoms with Crippen molar-refractivity contribution in [1.29, 1.82) is 0 Å². The molecule has 1 aromatic rings. The lowest BCUT2D eigenvalue weighted by Crippen LogP contribution is -2.51. The third-order valence-corrected chi connectivity index (χ3v) is 22.7. The summed E-state index contributed by atoms with van der Waals surface area (Å²) in [5.41, 5.74) is 3.59. The van der Waals surface area contributed by atoms with E-state index in [1.165, 1.54) is 56.2 Å². The number of nitrogens with zero attached hydrogens (tertiary/aromatic N) is 5. The molecule has 4 heterocycles. The first-order chi connectivity index (χ1) is 27.1. The Kier molecular flexibility index (Phi) is 11.1. The van der Waals surface area contributed by atoms with Gasteiger partial charge in [0, 0.05) is 69.0 Å². The normalized spacial score (nSPS) is 40.2. The number of methoxy groups -OCH3 is 1. The summed E-state index contributed by atoms with van der Waals surface area (Å²) in [7, 11) is -0.0994. The van der Waals surface area contributed by atoms with E-state index in [2.05, 4.69) is 40.1 Å². The van der Waals surface area contributed by atoms with Crippen molar-refractivity contribution in [2.24, 2.45) is 29.6 Å². The second-order valence-electron chi connectivity index (χ2n) is 20.3. The molecular formula is C45H71N5O5Si. The van der Waals surface area contributed by atoms with Crippen LogP contribution in [-0.4, -0.2) is 99.9 Å². The second kappa shape index (κ2) is 15.8. The molecule has 4 saturated carbocycles. The van der Waals surface area contributed by atoms with Crippen molar-refractivity contribution in [3.05, 3.63) is 23.2 Å². The SMILES string of the molecule is COC1CCC([Si](C)(C)[C@@H]2[C@@H](CCn3cc(CCO)nn3)O[C@]3(C(=O)N(CC4CCC(N5C(=O)C6CCCC7CCCC5C76)CC4)C4=C3CCCC4)[C@H]2C)CC1. The highest BCUT2D eigenvalue weighted by Crippen LogP contribution is 2.62.